The van der Waals surface area contributed by atoms with Gasteiger partial charge in [-0.3, -0.25) is 0 Å². The van der Waals surface area contributed by atoms with Gasteiger partial charge in [0.2, 0.25) is 0 Å². The summed E-state index contributed by atoms with van der Waals surface area (Å²) < 4.78 is 148. The number of nitrogens with zero attached hydrogens (tertiary/aromatic N) is 2. The van der Waals surface area contributed by atoms with Gasteiger partial charge in [0.1, 0.15) is 16.8 Å². The smallest absolute Gasteiger partial charge is 0.180 e. The summed E-state index contributed by atoms with van der Waals surface area (Å²) in [5.41, 5.74) is 2.69. The highest BCUT2D eigenvalue weighted by atomic mass is 16.3. The number of rotatable bonds is 4. The van der Waals surface area contributed by atoms with E-state index in [1.165, 1.54) is 0 Å². The second-order valence-electron chi connectivity index (χ2n) is 13.7. The number of furan rings is 1. The van der Waals surface area contributed by atoms with Crippen molar-refractivity contribution in [2.45, 2.75) is 19.3 Å². The van der Waals surface area contributed by atoms with Crippen molar-refractivity contribution in [3.8, 4) is 56.0 Å². The molecule has 1 aliphatic carbocycles. The molecular weight excluding hydrogens is 657 g/mol. The summed E-state index contributed by atoms with van der Waals surface area (Å²) in [7, 11) is 0. The zero-order chi connectivity index (χ0) is 49.9. The van der Waals surface area contributed by atoms with Gasteiger partial charge in [-0.25, -0.2) is 9.97 Å². The number of aromatic nitrogens is 2. The van der Waals surface area contributed by atoms with Crippen LogP contribution in [0.4, 0.5) is 0 Å². The van der Waals surface area contributed by atoms with Gasteiger partial charge in [-0.05, 0) is 90.3 Å². The quantitative estimate of drug-likeness (QED) is 0.183. The average molecular weight is 707 g/mol. The first-order chi connectivity index (χ1) is 33.2. The van der Waals surface area contributed by atoms with Crippen molar-refractivity contribution in [1.29, 1.82) is 0 Å². The predicted octanol–water partition coefficient (Wildman–Crippen LogP) is 13.7. The SMILES string of the molecule is [2H]c1c([2H])c([2H])c(-c2cccc3c4c(c(-c5nc(-c6c([2H])c([2H])c(-c7c([2H])c([2H])c8c([2H])c([2H])c([2H])c([2H])c8c7[2H])c([2H])c6[2H])c6oc7ccccc7c6n5)cc23)-c2ccccc2C4(C)C)c([2H])c1[2H]. The molecular formula is C51H34N2O. The molecule has 0 radical (unpaired) electrons. The Balaban J connectivity index is 1.26. The summed E-state index contributed by atoms with van der Waals surface area (Å²) >= 11 is 0. The molecule has 0 N–H and O–H groups in total. The van der Waals surface area contributed by atoms with Gasteiger partial charge in [-0.1, -0.05) is 159 Å². The first-order valence-corrected chi connectivity index (χ1v) is 17.3. The first kappa shape index (κ1) is 18.8. The lowest BCUT2D eigenvalue weighted by atomic mass is 9.78. The Morgan fingerprint density at radius 3 is 2.13 bits per heavy atom. The van der Waals surface area contributed by atoms with Crippen molar-refractivity contribution in [3.63, 3.8) is 0 Å². The topological polar surface area (TPSA) is 38.9 Å². The molecule has 2 heterocycles. The van der Waals surface area contributed by atoms with Crippen molar-refractivity contribution >= 4 is 43.6 Å². The van der Waals surface area contributed by atoms with E-state index in [9.17, 15) is 5.48 Å². The molecule has 0 saturated carbocycles. The van der Waals surface area contributed by atoms with Crippen molar-refractivity contribution in [2.75, 3.05) is 0 Å². The zero-order valence-corrected chi connectivity index (χ0v) is 28.7. The van der Waals surface area contributed by atoms with Crippen LogP contribution in [0.25, 0.3) is 99.6 Å². The summed E-state index contributed by atoms with van der Waals surface area (Å²) in [4.78, 5) is 10.2. The molecule has 0 aliphatic heterocycles. The Hall–Kier alpha value is -6.84. The fourth-order valence-corrected chi connectivity index (χ4v) is 7.86. The Morgan fingerprint density at radius 2 is 1.26 bits per heavy atom. The summed E-state index contributed by atoms with van der Waals surface area (Å²) in [5, 5.41) is 1.02. The number of hydrogen-bond acceptors (Lipinski definition) is 3. The molecule has 11 rings (SSSR count). The van der Waals surface area contributed by atoms with E-state index >= 15 is 0 Å². The van der Waals surface area contributed by atoms with Crippen LogP contribution in [0.15, 0.2) is 174 Å². The molecule has 3 heteroatoms. The number of hydrogen-bond donors (Lipinski definition) is 0. The molecule has 8 aromatic carbocycles. The summed E-state index contributed by atoms with van der Waals surface area (Å²) in [5.74, 6) is 0.0703. The van der Waals surface area contributed by atoms with Gasteiger partial charge >= 0.3 is 0 Å². The molecule has 54 heavy (non-hydrogen) atoms. The maximum atomic E-state index is 9.57. The van der Waals surface area contributed by atoms with E-state index in [2.05, 4.69) is 13.8 Å². The van der Waals surface area contributed by atoms with E-state index in [0.29, 0.717) is 27.5 Å². The minimum atomic E-state index is -0.726. The molecule has 254 valence electrons. The molecule has 2 aromatic heterocycles. The van der Waals surface area contributed by atoms with Crippen LogP contribution in [0.5, 0.6) is 0 Å². The summed E-state index contributed by atoms with van der Waals surface area (Å²) in [6.07, 6.45) is 0. The largest absolute Gasteiger partial charge is 0.452 e. The number of para-hydroxylation sites is 1. The highest BCUT2D eigenvalue weighted by Gasteiger charge is 2.39. The van der Waals surface area contributed by atoms with Gasteiger partial charge in [0, 0.05) is 21.9 Å². The third kappa shape index (κ3) is 4.55. The van der Waals surface area contributed by atoms with Crippen LogP contribution in [0.3, 0.4) is 0 Å². The Bertz CT molecular complexity index is 4010. The maximum absolute atomic E-state index is 9.57. The van der Waals surface area contributed by atoms with Gasteiger partial charge in [0.05, 0.1) is 21.9 Å². The number of fused-ring (bicyclic) bond motifs is 9. The van der Waals surface area contributed by atoms with E-state index in [1.54, 1.807) is 36.4 Å². The third-order valence-electron chi connectivity index (χ3n) is 10.3. The van der Waals surface area contributed by atoms with Gasteiger partial charge in [-0.15, -0.1) is 0 Å². The van der Waals surface area contributed by atoms with E-state index in [1.807, 2.05) is 36.4 Å². The second kappa shape index (κ2) is 11.6. The van der Waals surface area contributed by atoms with Crippen molar-refractivity contribution in [2.24, 2.45) is 0 Å². The fraction of sp³-hybridized carbons (Fsp3) is 0.0588. The summed E-state index contributed by atoms with van der Waals surface area (Å²) in [6.45, 7) is 4.14. The second-order valence-corrected chi connectivity index (χ2v) is 13.7. The first-order valence-electron chi connectivity index (χ1n) is 25.3. The molecule has 3 nitrogen and oxygen atoms in total. The van der Waals surface area contributed by atoms with Crippen LogP contribution in [0, 0.1) is 0 Å². The van der Waals surface area contributed by atoms with Gasteiger partial charge in [0.25, 0.3) is 0 Å². The minimum Gasteiger partial charge on any atom is -0.452 e. The van der Waals surface area contributed by atoms with Crippen LogP contribution >= 0.6 is 0 Å². The van der Waals surface area contributed by atoms with Gasteiger partial charge in [0.15, 0.2) is 11.4 Å². The third-order valence-corrected chi connectivity index (χ3v) is 10.3. The molecule has 0 unspecified atom stereocenters. The van der Waals surface area contributed by atoms with Crippen LogP contribution in [0.2, 0.25) is 0 Å². The van der Waals surface area contributed by atoms with Crippen LogP contribution in [-0.4, -0.2) is 9.97 Å². The standard InChI is InChI=1S/C51H34N2O/c1-51(2)43-21-10-8-17-39(43)45-42(30-41-37(33-14-4-3-5-15-33)19-12-20-38(41)46(45)51)50-52-47(49-48(53-50)40-18-9-11-22-44(40)54-49)34-26-23-32(24-27-34)36-28-25-31-13-6-7-16-35(31)29-36/h3-30H,1-2H3/i3D,4D,5D,6D,7D,13D,14D,15D,16D,23D,24D,25D,26D,27D,28D,29D. The Labute approximate surface area is 335 Å². The lowest BCUT2D eigenvalue weighted by molar-refractivity contribution is 0.666. The van der Waals surface area contributed by atoms with Crippen molar-refractivity contribution < 1.29 is 26.3 Å². The number of benzene rings is 8. The molecule has 0 amide bonds. The lowest BCUT2D eigenvalue weighted by Gasteiger charge is -2.24. The van der Waals surface area contributed by atoms with Gasteiger partial charge < -0.3 is 4.42 Å². The molecule has 0 bridgehead atoms. The average Bonchev–Trinajstić information content (AvgIpc) is 3.84. The van der Waals surface area contributed by atoms with E-state index < -0.39 is 107 Å². The van der Waals surface area contributed by atoms with E-state index in [4.69, 9.17) is 30.8 Å². The summed E-state index contributed by atoms with van der Waals surface area (Å²) in [6, 6.07) is 12.3. The molecule has 0 spiro atoms. The highest BCUT2D eigenvalue weighted by molar-refractivity contribution is 6.11. The van der Waals surface area contributed by atoms with Crippen LogP contribution in [-0.2, 0) is 5.41 Å². The minimum absolute atomic E-state index is 0.00609. The molecule has 0 saturated heterocycles. The van der Waals surface area contributed by atoms with Crippen LogP contribution in [0.1, 0.15) is 46.9 Å². The van der Waals surface area contributed by atoms with Crippen LogP contribution < -0.4 is 0 Å². The zero-order valence-electron chi connectivity index (χ0n) is 44.7. The van der Waals surface area contributed by atoms with E-state index in [-0.39, 0.29) is 51.2 Å². The molecule has 10 aromatic rings. The Kier molecular flexibility index (Phi) is 4.03. The van der Waals surface area contributed by atoms with E-state index in [0.717, 1.165) is 27.6 Å². The fourth-order valence-electron chi connectivity index (χ4n) is 7.86. The Morgan fingerprint density at radius 1 is 0.556 bits per heavy atom. The predicted molar refractivity (Wildman–Crippen MR) is 224 cm³/mol. The molecule has 0 atom stereocenters. The molecule has 0 fully saturated rings. The molecule has 1 aliphatic rings. The van der Waals surface area contributed by atoms with Gasteiger partial charge in [-0.2, -0.15) is 0 Å². The monoisotopic (exact) mass is 706 g/mol. The normalized spacial score (nSPS) is 17.3. The van der Waals surface area contributed by atoms with Crippen molar-refractivity contribution in [1.82, 2.24) is 9.97 Å². The highest BCUT2D eigenvalue weighted by Crippen LogP contribution is 2.55. The van der Waals surface area contributed by atoms with Crippen molar-refractivity contribution in [3.05, 3.63) is 181 Å². The lowest BCUT2D eigenvalue weighted by Crippen LogP contribution is -2.15. The maximum Gasteiger partial charge on any atom is 0.180 e.